The zero-order valence-electron chi connectivity index (χ0n) is 13.9. The van der Waals surface area contributed by atoms with Crippen LogP contribution >= 0.6 is 0 Å². The highest BCUT2D eigenvalue weighted by Crippen LogP contribution is 2.34. The number of hydrogen-bond acceptors (Lipinski definition) is 6. The van der Waals surface area contributed by atoms with Crippen molar-refractivity contribution in [3.63, 3.8) is 0 Å². The van der Waals surface area contributed by atoms with Gasteiger partial charge in [-0.2, -0.15) is 0 Å². The molecule has 0 bridgehead atoms. The lowest BCUT2D eigenvalue weighted by molar-refractivity contribution is -0.117. The Hall–Kier alpha value is -3.62. The first kappa shape index (κ1) is 15.9. The summed E-state index contributed by atoms with van der Waals surface area (Å²) in [5, 5.41) is 6.93. The van der Waals surface area contributed by atoms with Crippen LogP contribution in [-0.4, -0.2) is 32.0 Å². The van der Waals surface area contributed by atoms with Crippen LogP contribution in [0.25, 0.3) is 11.5 Å². The van der Waals surface area contributed by atoms with Crippen LogP contribution < -0.4 is 20.5 Å². The molecule has 26 heavy (non-hydrogen) atoms. The highest BCUT2D eigenvalue weighted by atomic mass is 16.7. The highest BCUT2D eigenvalue weighted by Gasteiger charge is 2.17. The quantitative estimate of drug-likeness (QED) is 0.751. The fourth-order valence-electron chi connectivity index (χ4n) is 2.62. The number of amides is 1. The Labute approximate surface area is 147 Å². The summed E-state index contributed by atoms with van der Waals surface area (Å²) in [4.78, 5) is 28.8. The van der Waals surface area contributed by atoms with Gasteiger partial charge < -0.3 is 14.8 Å². The number of anilines is 1. The summed E-state index contributed by atoms with van der Waals surface area (Å²) in [5.41, 5.74) is 0.710. The average Bonchev–Trinajstić information content (AvgIpc) is 3.22. The minimum Gasteiger partial charge on any atom is -0.454 e. The van der Waals surface area contributed by atoms with E-state index in [4.69, 9.17) is 9.47 Å². The van der Waals surface area contributed by atoms with Gasteiger partial charge in [-0.1, -0.05) is 6.07 Å². The predicted molar refractivity (Wildman–Crippen MR) is 91.9 cm³/mol. The van der Waals surface area contributed by atoms with Crippen molar-refractivity contribution in [2.24, 2.45) is 7.05 Å². The van der Waals surface area contributed by atoms with Gasteiger partial charge in [-0.05, 0) is 24.3 Å². The van der Waals surface area contributed by atoms with Crippen molar-refractivity contribution in [2.75, 3.05) is 12.1 Å². The van der Waals surface area contributed by atoms with E-state index in [1.807, 2.05) is 0 Å². The molecule has 0 fully saturated rings. The third-order valence-electron chi connectivity index (χ3n) is 3.88. The first-order valence-corrected chi connectivity index (χ1v) is 7.86. The van der Waals surface area contributed by atoms with Crippen LogP contribution in [0.15, 0.2) is 47.4 Å². The Bertz CT molecular complexity index is 1030. The van der Waals surface area contributed by atoms with Crippen molar-refractivity contribution in [1.29, 1.82) is 0 Å². The van der Waals surface area contributed by atoms with E-state index in [-0.39, 0.29) is 19.2 Å². The summed E-state index contributed by atoms with van der Waals surface area (Å²) in [5.74, 6) is 1.21. The van der Waals surface area contributed by atoms with E-state index in [9.17, 15) is 9.59 Å². The molecule has 0 unspecified atom stereocenters. The summed E-state index contributed by atoms with van der Waals surface area (Å²) >= 11 is 0. The SMILES string of the molecule is Cn1c(-c2ccccn2)nn(CC(=O)Nc2ccc3c(c2)OCO3)c1=O. The van der Waals surface area contributed by atoms with E-state index in [0.29, 0.717) is 28.7 Å². The molecule has 0 spiro atoms. The van der Waals surface area contributed by atoms with Crippen LogP contribution in [0.5, 0.6) is 11.5 Å². The van der Waals surface area contributed by atoms with Crippen LogP contribution in [-0.2, 0) is 18.4 Å². The van der Waals surface area contributed by atoms with Crippen molar-refractivity contribution in [3.05, 3.63) is 53.1 Å². The van der Waals surface area contributed by atoms with Crippen LogP contribution in [0.4, 0.5) is 5.69 Å². The van der Waals surface area contributed by atoms with Gasteiger partial charge in [0.25, 0.3) is 0 Å². The van der Waals surface area contributed by atoms with Crippen LogP contribution in [0.3, 0.4) is 0 Å². The van der Waals surface area contributed by atoms with Crippen molar-refractivity contribution in [2.45, 2.75) is 6.54 Å². The average molecular weight is 353 g/mol. The minimum atomic E-state index is -0.397. The van der Waals surface area contributed by atoms with Crippen molar-refractivity contribution in [3.8, 4) is 23.0 Å². The largest absolute Gasteiger partial charge is 0.454 e. The summed E-state index contributed by atoms with van der Waals surface area (Å²) in [6.45, 7) is -0.0552. The Morgan fingerprint density at radius 2 is 2.08 bits per heavy atom. The first-order chi connectivity index (χ1) is 12.6. The third-order valence-corrected chi connectivity index (χ3v) is 3.88. The molecule has 1 N–H and O–H groups in total. The molecule has 3 heterocycles. The molecule has 0 saturated heterocycles. The maximum Gasteiger partial charge on any atom is 0.346 e. The van der Waals surface area contributed by atoms with Gasteiger partial charge in [0.1, 0.15) is 12.2 Å². The number of nitrogens with one attached hydrogen (secondary N) is 1. The molecule has 2 aromatic heterocycles. The molecule has 1 aromatic carbocycles. The number of rotatable bonds is 4. The molecule has 3 aromatic rings. The van der Waals surface area contributed by atoms with Crippen molar-refractivity contribution in [1.82, 2.24) is 19.3 Å². The number of nitrogens with zero attached hydrogens (tertiary/aromatic N) is 4. The Morgan fingerprint density at radius 1 is 1.23 bits per heavy atom. The zero-order valence-corrected chi connectivity index (χ0v) is 13.9. The number of benzene rings is 1. The molecule has 0 aliphatic carbocycles. The second-order valence-electron chi connectivity index (χ2n) is 5.65. The van der Waals surface area contributed by atoms with Crippen molar-refractivity contribution < 1.29 is 14.3 Å². The van der Waals surface area contributed by atoms with E-state index in [2.05, 4.69) is 15.4 Å². The van der Waals surface area contributed by atoms with Gasteiger partial charge in [-0.15, -0.1) is 5.10 Å². The fourth-order valence-corrected chi connectivity index (χ4v) is 2.62. The highest BCUT2D eigenvalue weighted by molar-refractivity contribution is 5.90. The standard InChI is InChI=1S/C17H15N5O4/c1-21-16(12-4-2-3-7-18-12)20-22(17(21)24)9-15(23)19-11-5-6-13-14(8-11)26-10-25-13/h2-8H,9-10H2,1H3,(H,19,23). The smallest absolute Gasteiger partial charge is 0.346 e. The van der Waals surface area contributed by atoms with Crippen LogP contribution in [0, 0.1) is 0 Å². The Kier molecular flexibility index (Phi) is 3.88. The van der Waals surface area contributed by atoms with E-state index >= 15 is 0 Å². The van der Waals surface area contributed by atoms with Gasteiger partial charge in [-0.25, -0.2) is 9.48 Å². The van der Waals surface area contributed by atoms with Crippen molar-refractivity contribution >= 4 is 11.6 Å². The molecule has 1 aliphatic heterocycles. The maximum absolute atomic E-state index is 12.3. The zero-order chi connectivity index (χ0) is 18.1. The number of carbonyl (C=O) groups excluding carboxylic acids is 1. The van der Waals surface area contributed by atoms with Crippen LogP contribution in [0.2, 0.25) is 0 Å². The van der Waals surface area contributed by atoms with E-state index in [1.165, 1.54) is 4.57 Å². The number of hydrogen-bond donors (Lipinski definition) is 1. The molecule has 4 rings (SSSR count). The van der Waals surface area contributed by atoms with Gasteiger partial charge in [0.05, 0.1) is 0 Å². The lowest BCUT2D eigenvalue weighted by atomic mass is 10.3. The third kappa shape index (κ3) is 2.90. The van der Waals surface area contributed by atoms with Gasteiger partial charge in [-0.3, -0.25) is 14.3 Å². The molecule has 0 radical (unpaired) electrons. The van der Waals surface area contributed by atoms with Gasteiger partial charge in [0.15, 0.2) is 17.3 Å². The van der Waals surface area contributed by atoms with Crippen LogP contribution in [0.1, 0.15) is 0 Å². The van der Waals surface area contributed by atoms with Gasteiger partial charge in [0.2, 0.25) is 12.7 Å². The van der Waals surface area contributed by atoms with Gasteiger partial charge >= 0.3 is 5.69 Å². The number of aromatic nitrogens is 4. The topological polar surface area (TPSA) is 100 Å². The number of carbonyl (C=O) groups is 1. The molecule has 132 valence electrons. The first-order valence-electron chi connectivity index (χ1n) is 7.86. The predicted octanol–water partition coefficient (Wildman–Crippen LogP) is 1.01. The minimum absolute atomic E-state index is 0.159. The van der Waals surface area contributed by atoms with E-state index in [0.717, 1.165) is 4.68 Å². The van der Waals surface area contributed by atoms with Gasteiger partial charge in [0, 0.05) is 25.0 Å². The molecule has 0 saturated carbocycles. The normalized spacial score (nSPS) is 12.2. The molecular formula is C17H15N5O4. The Balaban J connectivity index is 1.52. The lowest BCUT2D eigenvalue weighted by Gasteiger charge is -2.05. The number of fused-ring (bicyclic) bond motifs is 1. The summed E-state index contributed by atoms with van der Waals surface area (Å²) in [7, 11) is 1.59. The van der Waals surface area contributed by atoms with E-state index in [1.54, 1.807) is 49.6 Å². The molecule has 1 aliphatic rings. The summed E-state index contributed by atoms with van der Waals surface area (Å²) in [6.07, 6.45) is 1.62. The summed E-state index contributed by atoms with van der Waals surface area (Å²) < 4.78 is 13.0. The number of pyridine rings is 1. The molecule has 9 heteroatoms. The second kappa shape index (κ2) is 6.36. The lowest BCUT2D eigenvalue weighted by Crippen LogP contribution is -2.29. The molecule has 0 atom stereocenters. The molecule has 1 amide bonds. The fraction of sp³-hybridized carbons (Fsp3) is 0.176. The molecular weight excluding hydrogens is 338 g/mol. The molecule has 9 nitrogen and oxygen atoms in total. The second-order valence-corrected chi connectivity index (χ2v) is 5.65. The maximum atomic E-state index is 12.3. The van der Waals surface area contributed by atoms with E-state index < -0.39 is 5.69 Å². The Morgan fingerprint density at radius 3 is 2.88 bits per heavy atom. The number of ether oxygens (including phenoxy) is 2. The summed E-state index contributed by atoms with van der Waals surface area (Å²) in [6, 6.07) is 10.4. The monoisotopic (exact) mass is 353 g/mol.